The van der Waals surface area contributed by atoms with Crippen LogP contribution in [0.25, 0.3) is 0 Å². The second-order valence-corrected chi connectivity index (χ2v) is 8.79. The average Bonchev–Trinajstić information content (AvgIpc) is 3.21. The third kappa shape index (κ3) is 3.45. The summed E-state index contributed by atoms with van der Waals surface area (Å²) in [4.78, 5) is 26.7. The Balaban J connectivity index is 1.69. The number of fused-ring (bicyclic) bond motifs is 2. The van der Waals surface area contributed by atoms with Crippen LogP contribution in [0.3, 0.4) is 0 Å². The maximum Gasteiger partial charge on any atom is 0.250 e. The van der Waals surface area contributed by atoms with E-state index in [9.17, 15) is 9.59 Å². The fourth-order valence-corrected chi connectivity index (χ4v) is 4.80. The Hall–Kier alpha value is -2.86. The molecule has 0 bridgehead atoms. The van der Waals surface area contributed by atoms with Gasteiger partial charge >= 0.3 is 0 Å². The van der Waals surface area contributed by atoms with E-state index in [1.807, 2.05) is 37.3 Å². The maximum atomic E-state index is 13.4. The fraction of sp³-hybridized carbons (Fsp3) is 0.417. The van der Waals surface area contributed by atoms with Crippen LogP contribution in [-0.2, 0) is 15.1 Å². The Morgan fingerprint density at radius 1 is 1.23 bits per heavy atom. The molecule has 3 N–H and O–H groups in total. The van der Waals surface area contributed by atoms with E-state index in [-0.39, 0.29) is 17.9 Å². The molecule has 0 unspecified atom stereocenters. The van der Waals surface area contributed by atoms with Gasteiger partial charge in [0.25, 0.3) is 0 Å². The molecule has 0 saturated carbocycles. The van der Waals surface area contributed by atoms with Crippen LogP contribution in [0.4, 0.5) is 11.4 Å². The molecular weight excluding hydrogens is 378 g/mol. The van der Waals surface area contributed by atoms with E-state index < -0.39 is 11.5 Å². The molecule has 0 radical (unpaired) electrons. The van der Waals surface area contributed by atoms with Crippen LogP contribution in [0.1, 0.15) is 37.8 Å². The summed E-state index contributed by atoms with van der Waals surface area (Å²) in [6.45, 7) is 6.32. The normalized spacial score (nSPS) is 24.8. The first kappa shape index (κ1) is 20.4. The van der Waals surface area contributed by atoms with E-state index in [0.717, 1.165) is 29.0 Å². The number of hydrogen-bond acceptors (Lipinski definition) is 4. The van der Waals surface area contributed by atoms with Crippen LogP contribution in [0.2, 0.25) is 0 Å². The summed E-state index contributed by atoms with van der Waals surface area (Å²) in [5.74, 6) is 0.382. The highest BCUT2D eigenvalue weighted by Gasteiger charge is 2.60. The standard InChI is InChI=1S/C24H29N3O3/c1-14(2)11-17-13-20(22(28)25-16-6-8-18(30-4)9-7-16)24(27-17)19-12-15(3)5-10-21(19)26-23(24)29/h5-10,12,14,17,20,27H,11,13H2,1-4H3,(H,25,28)(H,26,29)/t17-,20-,24-/m0/s1. The van der Waals surface area contributed by atoms with Crippen molar-refractivity contribution in [3.63, 3.8) is 0 Å². The van der Waals surface area contributed by atoms with Crippen molar-refractivity contribution in [1.82, 2.24) is 5.32 Å². The summed E-state index contributed by atoms with van der Waals surface area (Å²) >= 11 is 0. The number of ether oxygens (including phenoxy) is 1. The smallest absolute Gasteiger partial charge is 0.250 e. The molecule has 2 amide bonds. The lowest BCUT2D eigenvalue weighted by Gasteiger charge is -2.29. The van der Waals surface area contributed by atoms with Crippen LogP contribution in [0.5, 0.6) is 5.75 Å². The van der Waals surface area contributed by atoms with Crippen molar-refractivity contribution >= 4 is 23.2 Å². The number of nitrogens with one attached hydrogen (secondary N) is 3. The van der Waals surface area contributed by atoms with Gasteiger partial charge in [-0.15, -0.1) is 0 Å². The van der Waals surface area contributed by atoms with Gasteiger partial charge in [0.1, 0.15) is 11.3 Å². The maximum absolute atomic E-state index is 13.4. The molecule has 2 aliphatic heterocycles. The number of carbonyl (C=O) groups is 2. The van der Waals surface area contributed by atoms with Crippen LogP contribution < -0.4 is 20.7 Å². The van der Waals surface area contributed by atoms with Crippen LogP contribution >= 0.6 is 0 Å². The lowest BCUT2D eigenvalue weighted by atomic mass is 9.79. The first-order valence-corrected chi connectivity index (χ1v) is 10.5. The third-order valence-electron chi connectivity index (χ3n) is 6.11. The monoisotopic (exact) mass is 407 g/mol. The molecule has 1 fully saturated rings. The molecule has 2 heterocycles. The molecule has 158 valence electrons. The number of benzene rings is 2. The van der Waals surface area contributed by atoms with Crippen molar-refractivity contribution in [3.8, 4) is 5.75 Å². The largest absolute Gasteiger partial charge is 0.497 e. The lowest BCUT2D eigenvalue weighted by Crippen LogP contribution is -2.52. The second-order valence-electron chi connectivity index (χ2n) is 8.79. The van der Waals surface area contributed by atoms with Crippen molar-refractivity contribution in [2.45, 2.75) is 45.2 Å². The van der Waals surface area contributed by atoms with Crippen molar-refractivity contribution in [2.24, 2.45) is 11.8 Å². The number of aryl methyl sites for hydroxylation is 1. The molecular formula is C24H29N3O3. The average molecular weight is 408 g/mol. The summed E-state index contributed by atoms with van der Waals surface area (Å²) < 4.78 is 5.19. The number of amides is 2. The predicted octanol–water partition coefficient (Wildman–Crippen LogP) is 3.81. The van der Waals surface area contributed by atoms with Gasteiger partial charge in [0.15, 0.2) is 0 Å². The van der Waals surface area contributed by atoms with Crippen LogP contribution in [0, 0.1) is 18.8 Å². The zero-order chi connectivity index (χ0) is 21.5. The lowest BCUT2D eigenvalue weighted by molar-refractivity contribution is -0.130. The molecule has 1 saturated heterocycles. The SMILES string of the molecule is COc1ccc(NC(=O)[C@@H]2C[C@H](CC(C)C)N[C@]23C(=O)Nc2ccc(C)cc23)cc1. The zero-order valence-corrected chi connectivity index (χ0v) is 17.9. The van der Waals surface area contributed by atoms with Crippen LogP contribution in [-0.4, -0.2) is 25.0 Å². The first-order valence-electron chi connectivity index (χ1n) is 10.5. The highest BCUT2D eigenvalue weighted by molar-refractivity contribution is 6.10. The fourth-order valence-electron chi connectivity index (χ4n) is 4.80. The summed E-state index contributed by atoms with van der Waals surface area (Å²) in [7, 11) is 1.61. The van der Waals surface area contributed by atoms with Crippen molar-refractivity contribution in [3.05, 3.63) is 53.6 Å². The van der Waals surface area contributed by atoms with Crippen LogP contribution in [0.15, 0.2) is 42.5 Å². The van der Waals surface area contributed by atoms with Gasteiger partial charge < -0.3 is 15.4 Å². The molecule has 0 aromatic heterocycles. The van der Waals surface area contributed by atoms with Gasteiger partial charge in [-0.2, -0.15) is 0 Å². The second kappa shape index (κ2) is 7.76. The molecule has 2 aromatic carbocycles. The molecule has 6 nitrogen and oxygen atoms in total. The van der Waals surface area contributed by atoms with Crippen molar-refractivity contribution in [2.75, 3.05) is 17.7 Å². The van der Waals surface area contributed by atoms with Gasteiger partial charge in [0.05, 0.1) is 13.0 Å². The van der Waals surface area contributed by atoms with E-state index in [0.29, 0.717) is 18.0 Å². The molecule has 3 atom stereocenters. The summed E-state index contributed by atoms with van der Waals surface area (Å²) in [5.41, 5.74) is 2.36. The zero-order valence-electron chi connectivity index (χ0n) is 17.9. The summed E-state index contributed by atoms with van der Waals surface area (Å²) in [5, 5.41) is 9.58. The number of hydrogen-bond donors (Lipinski definition) is 3. The quantitative estimate of drug-likeness (QED) is 0.704. The van der Waals surface area contributed by atoms with E-state index in [1.165, 1.54) is 0 Å². The van der Waals surface area contributed by atoms with E-state index in [4.69, 9.17) is 4.74 Å². The highest BCUT2D eigenvalue weighted by atomic mass is 16.5. The Kier molecular flexibility index (Phi) is 5.28. The minimum absolute atomic E-state index is 0.0915. The topological polar surface area (TPSA) is 79.5 Å². The number of methoxy groups -OCH3 is 1. The van der Waals surface area contributed by atoms with Gasteiger partial charge in [0.2, 0.25) is 11.8 Å². The first-order chi connectivity index (χ1) is 14.3. The minimum atomic E-state index is -1.04. The minimum Gasteiger partial charge on any atom is -0.497 e. The number of rotatable bonds is 5. The molecule has 30 heavy (non-hydrogen) atoms. The van der Waals surface area contributed by atoms with Gasteiger partial charge in [0, 0.05) is 23.0 Å². The summed E-state index contributed by atoms with van der Waals surface area (Å²) in [6.07, 6.45) is 1.52. The molecule has 6 heteroatoms. The molecule has 4 rings (SSSR count). The predicted molar refractivity (Wildman–Crippen MR) is 118 cm³/mol. The Bertz CT molecular complexity index is 970. The summed E-state index contributed by atoms with van der Waals surface area (Å²) in [6, 6.07) is 13.2. The Morgan fingerprint density at radius 2 is 1.97 bits per heavy atom. The molecule has 2 aliphatic rings. The Labute approximate surface area is 177 Å². The van der Waals surface area contributed by atoms with Gasteiger partial charge in [-0.3, -0.25) is 14.9 Å². The van der Waals surface area contributed by atoms with E-state index >= 15 is 0 Å². The number of carbonyl (C=O) groups excluding carboxylic acids is 2. The highest BCUT2D eigenvalue weighted by Crippen LogP contribution is 2.48. The Morgan fingerprint density at radius 3 is 2.63 bits per heavy atom. The van der Waals surface area contributed by atoms with Crippen molar-refractivity contribution in [1.29, 1.82) is 0 Å². The van der Waals surface area contributed by atoms with Gasteiger partial charge in [-0.25, -0.2) is 0 Å². The molecule has 2 aromatic rings. The molecule has 1 spiro atoms. The van der Waals surface area contributed by atoms with E-state index in [1.54, 1.807) is 19.2 Å². The van der Waals surface area contributed by atoms with Gasteiger partial charge in [-0.05, 0) is 56.0 Å². The van der Waals surface area contributed by atoms with Crippen molar-refractivity contribution < 1.29 is 14.3 Å². The number of anilines is 2. The van der Waals surface area contributed by atoms with E-state index in [2.05, 4.69) is 29.8 Å². The molecule has 0 aliphatic carbocycles. The third-order valence-corrected chi connectivity index (χ3v) is 6.11. The van der Waals surface area contributed by atoms with Gasteiger partial charge in [-0.1, -0.05) is 31.5 Å².